The van der Waals surface area contributed by atoms with Crippen LogP contribution in [0.15, 0.2) is 10.9 Å². The zero-order chi connectivity index (χ0) is 10.0. The number of rotatable bonds is 3. The van der Waals surface area contributed by atoms with Gasteiger partial charge in [-0.1, -0.05) is 6.92 Å². The number of Topliss-reactive ketones (excluding diaryl/α,β-unsaturated/α-hetero) is 1. The highest BCUT2D eigenvalue weighted by atomic mass is 16.1. The van der Waals surface area contributed by atoms with Crippen LogP contribution in [0.25, 0.3) is 0 Å². The molecule has 1 rings (SSSR count). The van der Waals surface area contributed by atoms with Crippen molar-refractivity contribution in [3.8, 4) is 0 Å². The maximum absolute atomic E-state index is 11.2. The minimum absolute atomic E-state index is 0.0681. The van der Waals surface area contributed by atoms with Gasteiger partial charge in [-0.3, -0.25) is 19.0 Å². The smallest absolute Gasteiger partial charge is 0.266 e. The first-order valence-corrected chi connectivity index (χ1v) is 4.30. The van der Waals surface area contributed by atoms with E-state index in [-0.39, 0.29) is 11.3 Å². The molecule has 0 spiro atoms. The number of hydrogen-bond acceptors (Lipinski definition) is 2. The van der Waals surface area contributed by atoms with Crippen molar-refractivity contribution in [2.24, 2.45) is 14.1 Å². The lowest BCUT2D eigenvalue weighted by Crippen LogP contribution is -2.17. The molecule has 0 radical (unpaired) electrons. The molecule has 0 aliphatic heterocycles. The third kappa shape index (κ3) is 1.88. The molecule has 0 fully saturated rings. The molecule has 1 heterocycles. The maximum atomic E-state index is 11.2. The lowest BCUT2D eigenvalue weighted by molar-refractivity contribution is -0.118. The van der Waals surface area contributed by atoms with E-state index in [0.29, 0.717) is 12.8 Å². The first-order valence-electron chi connectivity index (χ1n) is 4.30. The third-order valence-corrected chi connectivity index (χ3v) is 2.25. The largest absolute Gasteiger partial charge is 0.299 e. The van der Waals surface area contributed by atoms with Gasteiger partial charge in [-0.15, -0.1) is 0 Å². The van der Waals surface area contributed by atoms with Crippen molar-refractivity contribution in [3.63, 3.8) is 0 Å². The van der Waals surface area contributed by atoms with Crippen molar-refractivity contribution in [2.75, 3.05) is 0 Å². The Kier molecular flexibility index (Phi) is 2.70. The molecule has 0 atom stereocenters. The predicted molar refractivity (Wildman–Crippen MR) is 49.7 cm³/mol. The van der Waals surface area contributed by atoms with Crippen molar-refractivity contribution < 1.29 is 4.79 Å². The van der Waals surface area contributed by atoms with Crippen LogP contribution in [0, 0.1) is 0 Å². The normalized spacial score (nSPS) is 10.4. The summed E-state index contributed by atoms with van der Waals surface area (Å²) in [6.07, 6.45) is 0.867. The minimum Gasteiger partial charge on any atom is -0.299 e. The lowest BCUT2D eigenvalue weighted by Gasteiger charge is -2.03. The average Bonchev–Trinajstić information content (AvgIpc) is 2.34. The van der Waals surface area contributed by atoms with Gasteiger partial charge in [0, 0.05) is 38.7 Å². The van der Waals surface area contributed by atoms with Crippen LogP contribution in [0.5, 0.6) is 0 Å². The summed E-state index contributed by atoms with van der Waals surface area (Å²) in [5.41, 5.74) is 0.709. The second-order valence-electron chi connectivity index (χ2n) is 3.09. The van der Waals surface area contributed by atoms with Gasteiger partial charge in [0.2, 0.25) is 0 Å². The minimum atomic E-state index is -0.0681. The van der Waals surface area contributed by atoms with E-state index in [1.165, 1.54) is 10.7 Å². The van der Waals surface area contributed by atoms with E-state index in [1.807, 2.05) is 6.92 Å². The second-order valence-corrected chi connectivity index (χ2v) is 3.09. The quantitative estimate of drug-likeness (QED) is 0.672. The summed E-state index contributed by atoms with van der Waals surface area (Å²) in [6, 6.07) is 1.51. The molecule has 0 saturated carbocycles. The number of carbonyl (C=O) groups excluding carboxylic acids is 1. The number of carbonyl (C=O) groups is 1. The van der Waals surface area contributed by atoms with Crippen molar-refractivity contribution in [3.05, 3.63) is 22.1 Å². The molecule has 0 saturated heterocycles. The molecular formula is C9H14N2O2. The molecule has 13 heavy (non-hydrogen) atoms. The SMILES string of the molecule is CCC(=O)Cc1cc(=O)n(C)n1C. The molecule has 0 amide bonds. The predicted octanol–water partition coefficient (Wildman–Crippen LogP) is 0.245. The molecular weight excluding hydrogens is 168 g/mol. The van der Waals surface area contributed by atoms with Crippen LogP contribution < -0.4 is 5.56 Å². The Labute approximate surface area is 76.8 Å². The van der Waals surface area contributed by atoms with E-state index >= 15 is 0 Å². The highest BCUT2D eigenvalue weighted by Gasteiger charge is 2.07. The molecule has 4 heteroatoms. The standard InChI is InChI=1S/C9H14N2O2/c1-4-8(12)5-7-6-9(13)11(3)10(7)2/h6H,4-5H2,1-3H3. The van der Waals surface area contributed by atoms with E-state index < -0.39 is 0 Å². The van der Waals surface area contributed by atoms with Gasteiger partial charge in [-0.25, -0.2) is 0 Å². The van der Waals surface area contributed by atoms with Crippen LogP contribution in [0.4, 0.5) is 0 Å². The Morgan fingerprint density at radius 3 is 2.38 bits per heavy atom. The van der Waals surface area contributed by atoms with E-state index in [4.69, 9.17) is 0 Å². The topological polar surface area (TPSA) is 44.0 Å². The Morgan fingerprint density at radius 2 is 2.00 bits per heavy atom. The van der Waals surface area contributed by atoms with E-state index in [2.05, 4.69) is 0 Å². The van der Waals surface area contributed by atoms with Crippen molar-refractivity contribution in [1.82, 2.24) is 9.36 Å². The summed E-state index contributed by atoms with van der Waals surface area (Å²) in [5, 5.41) is 0. The van der Waals surface area contributed by atoms with Gasteiger partial charge >= 0.3 is 0 Å². The van der Waals surface area contributed by atoms with Gasteiger partial charge in [0.1, 0.15) is 5.78 Å². The summed E-state index contributed by atoms with van der Waals surface area (Å²) in [7, 11) is 3.46. The molecule has 0 unspecified atom stereocenters. The zero-order valence-corrected chi connectivity index (χ0v) is 8.20. The highest BCUT2D eigenvalue weighted by molar-refractivity contribution is 5.80. The Morgan fingerprint density at radius 1 is 1.38 bits per heavy atom. The van der Waals surface area contributed by atoms with Crippen LogP contribution in [-0.2, 0) is 25.3 Å². The van der Waals surface area contributed by atoms with E-state index in [9.17, 15) is 9.59 Å². The lowest BCUT2D eigenvalue weighted by atomic mass is 10.2. The first kappa shape index (κ1) is 9.77. The molecule has 1 aromatic rings. The molecule has 0 bridgehead atoms. The average molecular weight is 182 g/mol. The molecule has 0 aliphatic carbocycles. The van der Waals surface area contributed by atoms with Gasteiger partial charge in [-0.2, -0.15) is 0 Å². The van der Waals surface area contributed by atoms with Crippen molar-refractivity contribution in [1.29, 1.82) is 0 Å². The van der Waals surface area contributed by atoms with Crippen LogP contribution in [0.2, 0.25) is 0 Å². The number of aromatic nitrogens is 2. The number of hydrogen-bond donors (Lipinski definition) is 0. The highest BCUT2D eigenvalue weighted by Crippen LogP contribution is 1.98. The summed E-state index contributed by atoms with van der Waals surface area (Å²) in [6.45, 7) is 1.82. The molecule has 0 aromatic carbocycles. The van der Waals surface area contributed by atoms with E-state index in [0.717, 1.165) is 5.69 Å². The maximum Gasteiger partial charge on any atom is 0.266 e. The van der Waals surface area contributed by atoms with Crippen molar-refractivity contribution in [2.45, 2.75) is 19.8 Å². The number of ketones is 1. The van der Waals surface area contributed by atoms with Gasteiger partial charge in [0.25, 0.3) is 5.56 Å². The molecule has 0 aliphatic rings. The van der Waals surface area contributed by atoms with Gasteiger partial charge in [0.05, 0.1) is 0 Å². The Bertz CT molecular complexity index is 373. The summed E-state index contributed by atoms with van der Waals surface area (Å²) < 4.78 is 3.19. The second kappa shape index (κ2) is 3.60. The fourth-order valence-corrected chi connectivity index (χ4v) is 1.16. The fraction of sp³-hybridized carbons (Fsp3) is 0.556. The van der Waals surface area contributed by atoms with Crippen LogP contribution in [-0.4, -0.2) is 15.1 Å². The monoisotopic (exact) mass is 182 g/mol. The van der Waals surface area contributed by atoms with Crippen molar-refractivity contribution >= 4 is 5.78 Å². The van der Waals surface area contributed by atoms with Gasteiger partial charge < -0.3 is 0 Å². The van der Waals surface area contributed by atoms with Gasteiger partial charge in [0.15, 0.2) is 0 Å². The molecule has 1 aromatic heterocycles. The molecule has 72 valence electrons. The van der Waals surface area contributed by atoms with Gasteiger partial charge in [-0.05, 0) is 0 Å². The summed E-state index contributed by atoms with van der Waals surface area (Å²) in [4.78, 5) is 22.3. The first-order chi connectivity index (χ1) is 6.06. The number of nitrogens with zero attached hydrogens (tertiary/aromatic N) is 2. The molecule has 4 nitrogen and oxygen atoms in total. The molecule has 0 N–H and O–H groups in total. The zero-order valence-electron chi connectivity index (χ0n) is 8.20. The van der Waals surface area contributed by atoms with Crippen LogP contribution >= 0.6 is 0 Å². The fourth-order valence-electron chi connectivity index (χ4n) is 1.16. The Hall–Kier alpha value is -1.32. The van der Waals surface area contributed by atoms with E-state index in [1.54, 1.807) is 18.8 Å². The Balaban J connectivity index is 2.96. The van der Waals surface area contributed by atoms with Crippen LogP contribution in [0.1, 0.15) is 19.0 Å². The summed E-state index contributed by atoms with van der Waals surface area (Å²) >= 11 is 0. The third-order valence-electron chi connectivity index (χ3n) is 2.25. The summed E-state index contributed by atoms with van der Waals surface area (Å²) in [5.74, 6) is 0.154. The van der Waals surface area contributed by atoms with Crippen LogP contribution in [0.3, 0.4) is 0 Å².